The quantitative estimate of drug-likeness (QED) is 0.472. The van der Waals surface area contributed by atoms with Crippen LogP contribution in [0.4, 0.5) is 0 Å². The summed E-state index contributed by atoms with van der Waals surface area (Å²) >= 11 is 7.47. The molecule has 3 N–H and O–H groups in total. The van der Waals surface area contributed by atoms with Crippen LogP contribution in [0.1, 0.15) is 50.5 Å². The lowest BCUT2D eigenvalue weighted by atomic mass is 9.85. The standard InChI is InChI=1S/C22H33N3O2S2.ClH/c1-27-18-10-7-17(8-11-18)13-23-22(28)19(12-9-16-5-3-2-4-6-16)25-21(26)20-14-29-15-24-20;/h7-8,10-11,16,19-20,24H,2-6,9,12-15H2,1H3,(H,23,28)(H,25,26);1H/t19-,20+;/m1./s1. The molecule has 168 valence electrons. The molecule has 1 saturated carbocycles. The van der Waals surface area contributed by atoms with Crippen LogP contribution >= 0.6 is 36.4 Å². The van der Waals surface area contributed by atoms with Gasteiger partial charge in [0.05, 0.1) is 24.2 Å². The number of amides is 1. The molecule has 0 radical (unpaired) electrons. The van der Waals surface area contributed by atoms with E-state index in [0.717, 1.165) is 46.7 Å². The van der Waals surface area contributed by atoms with Crippen LogP contribution < -0.4 is 20.7 Å². The van der Waals surface area contributed by atoms with Gasteiger partial charge in [-0.25, -0.2) is 0 Å². The van der Waals surface area contributed by atoms with Crippen molar-refractivity contribution in [2.24, 2.45) is 5.92 Å². The minimum Gasteiger partial charge on any atom is -0.497 e. The number of thiocarbonyl (C=S) groups is 1. The third-order valence-corrected chi connectivity index (χ3v) is 7.25. The number of carbonyl (C=O) groups is 1. The van der Waals surface area contributed by atoms with Crippen LogP contribution in [-0.2, 0) is 11.3 Å². The Morgan fingerprint density at radius 2 is 2.00 bits per heavy atom. The Labute approximate surface area is 196 Å². The van der Waals surface area contributed by atoms with Gasteiger partial charge in [0.25, 0.3) is 0 Å². The van der Waals surface area contributed by atoms with Gasteiger partial charge in [0.15, 0.2) is 0 Å². The van der Waals surface area contributed by atoms with Crippen molar-refractivity contribution in [2.75, 3.05) is 18.7 Å². The predicted molar refractivity (Wildman–Crippen MR) is 132 cm³/mol. The van der Waals surface area contributed by atoms with E-state index >= 15 is 0 Å². The lowest BCUT2D eigenvalue weighted by molar-refractivity contribution is -0.122. The molecule has 2 atom stereocenters. The Kier molecular flexibility index (Phi) is 11.3. The van der Waals surface area contributed by atoms with Crippen molar-refractivity contribution in [3.8, 4) is 5.75 Å². The molecule has 1 aromatic rings. The number of benzene rings is 1. The Bertz CT molecular complexity index is 663. The highest BCUT2D eigenvalue weighted by molar-refractivity contribution is 7.99. The van der Waals surface area contributed by atoms with E-state index in [0.29, 0.717) is 6.54 Å². The SMILES string of the molecule is COc1ccc(CNC(=S)[C@@H](CCC2CCCCC2)NC(=O)[C@@H]2CSCN2)cc1.Cl. The summed E-state index contributed by atoms with van der Waals surface area (Å²) in [6.45, 7) is 0.649. The number of nitrogens with one attached hydrogen (secondary N) is 3. The largest absolute Gasteiger partial charge is 0.497 e. The van der Waals surface area contributed by atoms with Crippen LogP contribution in [0.3, 0.4) is 0 Å². The van der Waals surface area contributed by atoms with E-state index in [1.165, 1.54) is 32.1 Å². The molecule has 0 bridgehead atoms. The molecule has 1 aliphatic heterocycles. The minimum atomic E-state index is -0.110. The molecule has 8 heteroatoms. The minimum absolute atomic E-state index is 0. The fourth-order valence-electron chi connectivity index (χ4n) is 4.04. The van der Waals surface area contributed by atoms with Gasteiger partial charge in [0.1, 0.15) is 5.75 Å². The van der Waals surface area contributed by atoms with Crippen LogP contribution in [0, 0.1) is 5.92 Å². The van der Waals surface area contributed by atoms with Crippen molar-refractivity contribution in [2.45, 2.75) is 63.6 Å². The zero-order valence-electron chi connectivity index (χ0n) is 17.7. The summed E-state index contributed by atoms with van der Waals surface area (Å²) in [6.07, 6.45) is 8.70. The maximum absolute atomic E-state index is 12.7. The van der Waals surface area contributed by atoms with Gasteiger partial charge < -0.3 is 15.4 Å². The van der Waals surface area contributed by atoms with Gasteiger partial charge in [-0.1, -0.05) is 56.5 Å². The number of hydrogen-bond acceptors (Lipinski definition) is 5. The molecule has 30 heavy (non-hydrogen) atoms. The Morgan fingerprint density at radius 3 is 2.63 bits per heavy atom. The summed E-state index contributed by atoms with van der Waals surface area (Å²) in [5.74, 6) is 3.35. The van der Waals surface area contributed by atoms with E-state index in [9.17, 15) is 4.79 Å². The van der Waals surface area contributed by atoms with Crippen molar-refractivity contribution in [1.29, 1.82) is 0 Å². The monoisotopic (exact) mass is 471 g/mol. The second kappa shape index (κ2) is 13.4. The van der Waals surface area contributed by atoms with Crippen molar-refractivity contribution < 1.29 is 9.53 Å². The molecular formula is C22H34ClN3O2S2. The maximum atomic E-state index is 12.7. The highest BCUT2D eigenvalue weighted by Gasteiger charge is 2.27. The van der Waals surface area contributed by atoms with Crippen molar-refractivity contribution in [3.05, 3.63) is 29.8 Å². The molecular weight excluding hydrogens is 438 g/mol. The van der Waals surface area contributed by atoms with Crippen molar-refractivity contribution in [1.82, 2.24) is 16.0 Å². The number of carbonyl (C=O) groups excluding carboxylic acids is 1. The second-order valence-corrected chi connectivity index (χ2v) is 9.45. The average molecular weight is 472 g/mol. The van der Waals surface area contributed by atoms with Crippen LogP contribution in [0.2, 0.25) is 0 Å². The molecule has 0 spiro atoms. The molecule has 1 aromatic carbocycles. The number of thioether (sulfide) groups is 1. The lowest BCUT2D eigenvalue weighted by Gasteiger charge is -2.26. The van der Waals surface area contributed by atoms with Gasteiger partial charge in [-0.15, -0.1) is 24.2 Å². The van der Waals surface area contributed by atoms with Crippen LogP contribution in [0.5, 0.6) is 5.75 Å². The normalized spacial score (nSPS) is 20.1. The molecule has 0 unspecified atom stereocenters. The summed E-state index contributed by atoms with van der Waals surface area (Å²) in [5, 5.41) is 9.84. The van der Waals surface area contributed by atoms with Crippen LogP contribution in [0.25, 0.3) is 0 Å². The van der Waals surface area contributed by atoms with Crippen molar-refractivity contribution >= 4 is 47.3 Å². The predicted octanol–water partition coefficient (Wildman–Crippen LogP) is 4.04. The van der Waals surface area contributed by atoms with Crippen LogP contribution in [0.15, 0.2) is 24.3 Å². The Morgan fingerprint density at radius 1 is 1.27 bits per heavy atom. The van der Waals surface area contributed by atoms with Crippen molar-refractivity contribution in [3.63, 3.8) is 0 Å². The Balaban J connectivity index is 0.00000320. The number of hydrogen-bond donors (Lipinski definition) is 3. The first-order valence-electron chi connectivity index (χ1n) is 10.7. The third kappa shape index (κ3) is 7.91. The molecule has 3 rings (SSSR count). The van der Waals surface area contributed by atoms with Gasteiger partial charge in [-0.05, 0) is 36.5 Å². The summed E-state index contributed by atoms with van der Waals surface area (Å²) in [6, 6.07) is 7.75. The molecule has 1 heterocycles. The summed E-state index contributed by atoms with van der Waals surface area (Å²) < 4.78 is 5.21. The summed E-state index contributed by atoms with van der Waals surface area (Å²) in [5.41, 5.74) is 1.14. The fourth-order valence-corrected chi connectivity index (χ4v) is 5.23. The van der Waals surface area contributed by atoms with E-state index in [2.05, 4.69) is 16.0 Å². The molecule has 5 nitrogen and oxygen atoms in total. The highest BCUT2D eigenvalue weighted by Crippen LogP contribution is 2.28. The van der Waals surface area contributed by atoms with E-state index in [4.69, 9.17) is 17.0 Å². The van der Waals surface area contributed by atoms with Gasteiger partial charge in [0.2, 0.25) is 5.91 Å². The Hall–Kier alpha value is -1.02. The van der Waals surface area contributed by atoms with E-state index < -0.39 is 0 Å². The molecule has 1 saturated heterocycles. The number of methoxy groups -OCH3 is 1. The third-order valence-electron chi connectivity index (χ3n) is 5.88. The molecule has 0 aromatic heterocycles. The first-order valence-corrected chi connectivity index (χ1v) is 12.2. The number of ether oxygens (including phenoxy) is 1. The smallest absolute Gasteiger partial charge is 0.238 e. The van der Waals surface area contributed by atoms with Gasteiger partial charge in [0, 0.05) is 18.2 Å². The molecule has 1 aliphatic carbocycles. The summed E-state index contributed by atoms with van der Waals surface area (Å²) in [4.78, 5) is 13.4. The van der Waals surface area contributed by atoms with E-state index in [1.807, 2.05) is 24.3 Å². The molecule has 2 fully saturated rings. The van der Waals surface area contributed by atoms with Crippen LogP contribution in [-0.4, -0.2) is 41.7 Å². The summed E-state index contributed by atoms with van der Waals surface area (Å²) in [7, 11) is 1.67. The van der Waals surface area contributed by atoms with E-state index in [-0.39, 0.29) is 30.4 Å². The maximum Gasteiger partial charge on any atom is 0.238 e. The zero-order valence-corrected chi connectivity index (χ0v) is 20.1. The number of halogens is 1. The molecule has 1 amide bonds. The fraction of sp³-hybridized carbons (Fsp3) is 0.636. The first-order chi connectivity index (χ1) is 14.2. The average Bonchev–Trinajstić information content (AvgIpc) is 3.31. The van der Waals surface area contributed by atoms with Gasteiger partial charge in [-0.3, -0.25) is 10.1 Å². The zero-order chi connectivity index (χ0) is 20.5. The highest BCUT2D eigenvalue weighted by atomic mass is 35.5. The van der Waals surface area contributed by atoms with Gasteiger partial charge >= 0.3 is 0 Å². The van der Waals surface area contributed by atoms with Gasteiger partial charge in [-0.2, -0.15) is 0 Å². The van der Waals surface area contributed by atoms with E-state index in [1.54, 1.807) is 18.9 Å². The topological polar surface area (TPSA) is 62.4 Å². The lowest BCUT2D eigenvalue weighted by Crippen LogP contribution is -2.51. The number of rotatable bonds is 9. The molecule has 2 aliphatic rings. The second-order valence-electron chi connectivity index (χ2n) is 7.98. The first kappa shape index (κ1) is 25.2.